The first-order valence-electron chi connectivity index (χ1n) is 16.8. The first kappa shape index (κ1) is 28.4. The normalized spacial score (nSPS) is 43.9. The minimum Gasteiger partial charge on any atom is -0.445 e. The van der Waals surface area contributed by atoms with Gasteiger partial charge >= 0.3 is 6.09 Å². The number of ether oxygens (including phenoxy) is 2. The van der Waals surface area contributed by atoms with Crippen LogP contribution >= 0.6 is 0 Å². The zero-order valence-electron chi connectivity index (χ0n) is 26.1. The van der Waals surface area contributed by atoms with E-state index in [4.69, 9.17) is 9.47 Å². The second-order valence-electron chi connectivity index (χ2n) is 15.3. The maximum Gasteiger partial charge on any atom is 0.410 e. The van der Waals surface area contributed by atoms with Crippen LogP contribution in [0.2, 0.25) is 0 Å². The molecule has 2 aliphatic heterocycles. The van der Waals surface area contributed by atoms with Crippen LogP contribution < -0.4 is 0 Å². The third-order valence-electron chi connectivity index (χ3n) is 13.2. The van der Waals surface area contributed by atoms with Crippen molar-refractivity contribution in [2.45, 2.75) is 116 Å². The number of fused-ring (bicyclic) bond motifs is 6. The predicted octanol–water partition coefficient (Wildman–Crippen LogP) is 7.99. The Labute approximate surface area is 251 Å². The van der Waals surface area contributed by atoms with Gasteiger partial charge in [0.25, 0.3) is 0 Å². The molecule has 1 aromatic rings. The van der Waals surface area contributed by atoms with Crippen molar-refractivity contribution < 1.29 is 19.5 Å². The van der Waals surface area contributed by atoms with Gasteiger partial charge in [0.2, 0.25) is 0 Å². The molecule has 2 heterocycles. The second-order valence-corrected chi connectivity index (χ2v) is 15.3. The molecule has 0 aromatic heterocycles. The average Bonchev–Trinajstić information content (AvgIpc) is 3.45. The van der Waals surface area contributed by atoms with Crippen molar-refractivity contribution in [1.29, 1.82) is 0 Å². The Hall–Kier alpha value is -2.34. The van der Waals surface area contributed by atoms with Gasteiger partial charge in [-0.05, 0) is 112 Å². The Morgan fingerprint density at radius 1 is 1.14 bits per heavy atom. The Balaban J connectivity index is 1.10. The lowest BCUT2D eigenvalue weighted by Gasteiger charge is -2.52. The molecular weight excluding hydrogens is 524 g/mol. The predicted molar refractivity (Wildman–Crippen MR) is 163 cm³/mol. The van der Waals surface area contributed by atoms with Gasteiger partial charge < -0.3 is 19.6 Å². The van der Waals surface area contributed by atoms with Crippen molar-refractivity contribution in [3.8, 4) is 0 Å². The number of piperidine rings is 1. The van der Waals surface area contributed by atoms with E-state index in [0.717, 1.165) is 61.8 Å². The van der Waals surface area contributed by atoms with Gasteiger partial charge in [-0.15, -0.1) is 0 Å². The number of rotatable bonds is 2. The summed E-state index contributed by atoms with van der Waals surface area (Å²) in [5, 5.41) is 13.1. The highest BCUT2D eigenvalue weighted by atomic mass is 16.6. The highest BCUT2D eigenvalue weighted by Gasteiger charge is 2.60. The van der Waals surface area contributed by atoms with Crippen LogP contribution in [-0.4, -0.2) is 46.2 Å². The van der Waals surface area contributed by atoms with Crippen molar-refractivity contribution in [1.82, 2.24) is 4.90 Å². The molecule has 0 radical (unpaired) electrons. The van der Waals surface area contributed by atoms with Crippen molar-refractivity contribution in [3.63, 3.8) is 0 Å². The van der Waals surface area contributed by atoms with Crippen molar-refractivity contribution in [3.05, 3.63) is 47.0 Å². The summed E-state index contributed by atoms with van der Waals surface area (Å²) in [6.07, 6.45) is 11.1. The standard InChI is InChI=1S/C36H50N2O4/c1-22-16-32-33(38(20-22)34(39)41-21-25-8-6-5-7-9-25)24(3)36(42-32)15-13-28-29-11-10-26-17-27(37-40)12-14-35(26,4)31(29)18-30(28)23(2)19-36/h5-9,22,24,26,28-29,31-33,40H,10-21H2,1-4H3/b37-27+/t22-,24+,26+,28-,29?,31-,32+,33-,35-,36-/m0/s1. The number of allylic oxidation sites excluding steroid dienone is 1. The van der Waals surface area contributed by atoms with E-state index in [1.165, 1.54) is 32.1 Å². The number of carbonyl (C=O) groups excluding carboxylic acids is 1. The zero-order valence-corrected chi connectivity index (χ0v) is 26.1. The molecule has 5 fully saturated rings. The summed E-state index contributed by atoms with van der Waals surface area (Å²) in [7, 11) is 0. The van der Waals surface area contributed by atoms with E-state index in [1.54, 1.807) is 11.1 Å². The molecule has 42 heavy (non-hydrogen) atoms. The summed E-state index contributed by atoms with van der Waals surface area (Å²) in [5.41, 5.74) is 5.50. The molecule has 1 amide bonds. The van der Waals surface area contributed by atoms with Gasteiger partial charge in [-0.2, -0.15) is 0 Å². The van der Waals surface area contributed by atoms with Crippen molar-refractivity contribution >= 4 is 11.8 Å². The lowest BCUT2D eigenvalue weighted by molar-refractivity contribution is -0.0794. The highest BCUT2D eigenvalue weighted by molar-refractivity contribution is 5.85. The summed E-state index contributed by atoms with van der Waals surface area (Å²) in [4.78, 5) is 15.6. The fourth-order valence-electron chi connectivity index (χ4n) is 11.0. The fraction of sp³-hybridized carbons (Fsp3) is 0.722. The minimum absolute atomic E-state index is 0.0759. The van der Waals surface area contributed by atoms with Gasteiger partial charge in [0.15, 0.2) is 0 Å². The number of hydrogen-bond donors (Lipinski definition) is 1. The summed E-state index contributed by atoms with van der Waals surface area (Å²) < 4.78 is 13.1. The van der Waals surface area contributed by atoms with E-state index in [-0.39, 0.29) is 29.8 Å². The van der Waals surface area contributed by atoms with E-state index >= 15 is 0 Å². The van der Waals surface area contributed by atoms with E-state index in [2.05, 4.69) is 32.9 Å². The van der Waals surface area contributed by atoms with Crippen LogP contribution in [0, 0.1) is 40.9 Å². The molecule has 3 saturated carbocycles. The average molecular weight is 575 g/mol. The maximum absolute atomic E-state index is 13.5. The molecular formula is C36H50N2O4. The molecule has 4 aliphatic carbocycles. The molecule has 0 bridgehead atoms. The summed E-state index contributed by atoms with van der Waals surface area (Å²) in [5.74, 6) is 3.51. The number of nitrogens with zero attached hydrogens (tertiary/aromatic N) is 2. The van der Waals surface area contributed by atoms with Crippen LogP contribution in [0.5, 0.6) is 0 Å². The summed E-state index contributed by atoms with van der Waals surface area (Å²) >= 11 is 0. The molecule has 1 aromatic carbocycles. The van der Waals surface area contributed by atoms with Crippen LogP contribution in [-0.2, 0) is 16.1 Å². The molecule has 7 rings (SSSR count). The van der Waals surface area contributed by atoms with Gasteiger partial charge in [0.05, 0.1) is 23.5 Å². The van der Waals surface area contributed by atoms with Gasteiger partial charge in [-0.3, -0.25) is 0 Å². The molecule has 1 unspecified atom stereocenters. The van der Waals surface area contributed by atoms with Gasteiger partial charge in [-0.1, -0.05) is 67.4 Å². The molecule has 2 saturated heterocycles. The Bertz CT molecular complexity index is 1260. The number of hydrogen-bond acceptors (Lipinski definition) is 5. The van der Waals surface area contributed by atoms with E-state index in [9.17, 15) is 10.0 Å². The third-order valence-corrected chi connectivity index (χ3v) is 13.2. The summed E-state index contributed by atoms with van der Waals surface area (Å²) in [6.45, 7) is 10.6. The molecule has 6 nitrogen and oxygen atoms in total. The van der Waals surface area contributed by atoms with Crippen LogP contribution in [0.3, 0.4) is 0 Å². The van der Waals surface area contributed by atoms with Crippen LogP contribution in [0.25, 0.3) is 0 Å². The first-order valence-corrected chi connectivity index (χ1v) is 16.8. The van der Waals surface area contributed by atoms with Crippen molar-refractivity contribution in [2.24, 2.45) is 46.1 Å². The molecule has 228 valence electrons. The Morgan fingerprint density at radius 3 is 2.74 bits per heavy atom. The first-order chi connectivity index (χ1) is 20.2. The SMILES string of the molecule is CC1=C2C[C@H]3C(CC[C@@H]4C/C(=N/O)CC[C@@]43C)[C@@H]2CC[C@@]2(C1)O[C@@H]1C[C@H](C)CN(C(=O)OCc3ccccc3)[C@H]1[C@H]2C. The van der Waals surface area contributed by atoms with Gasteiger partial charge in [0, 0.05) is 12.5 Å². The Kier molecular flexibility index (Phi) is 7.23. The van der Waals surface area contributed by atoms with E-state index < -0.39 is 0 Å². The van der Waals surface area contributed by atoms with Crippen molar-refractivity contribution in [2.75, 3.05) is 6.54 Å². The number of carbonyl (C=O) groups is 1. The minimum atomic E-state index is -0.202. The zero-order chi connectivity index (χ0) is 29.2. The molecule has 1 N–H and O–H groups in total. The molecule has 10 atom stereocenters. The molecule has 6 aliphatic rings. The van der Waals surface area contributed by atoms with E-state index in [1.807, 2.05) is 35.2 Å². The summed E-state index contributed by atoms with van der Waals surface area (Å²) in [6, 6.07) is 10.1. The number of benzene rings is 1. The largest absolute Gasteiger partial charge is 0.445 e. The monoisotopic (exact) mass is 574 g/mol. The van der Waals surface area contributed by atoms with Crippen LogP contribution in [0.15, 0.2) is 46.6 Å². The number of amides is 1. The van der Waals surface area contributed by atoms with Crippen LogP contribution in [0.1, 0.15) is 97.5 Å². The number of oxime groups is 1. The topological polar surface area (TPSA) is 71.4 Å². The Morgan fingerprint density at radius 2 is 1.95 bits per heavy atom. The fourth-order valence-corrected chi connectivity index (χ4v) is 11.0. The van der Waals surface area contributed by atoms with Crippen LogP contribution in [0.4, 0.5) is 4.79 Å². The van der Waals surface area contributed by atoms with E-state index in [0.29, 0.717) is 29.8 Å². The molecule has 1 spiro atoms. The van der Waals surface area contributed by atoms with Gasteiger partial charge in [-0.25, -0.2) is 4.79 Å². The maximum atomic E-state index is 13.5. The lowest BCUT2D eigenvalue weighted by Crippen LogP contribution is -2.54. The smallest absolute Gasteiger partial charge is 0.410 e. The highest BCUT2D eigenvalue weighted by Crippen LogP contribution is 2.65. The lowest BCUT2D eigenvalue weighted by atomic mass is 9.52. The second kappa shape index (κ2) is 10.7. The number of likely N-dealkylation sites (tertiary alicyclic amines) is 1. The third kappa shape index (κ3) is 4.53. The van der Waals surface area contributed by atoms with Gasteiger partial charge in [0.1, 0.15) is 6.61 Å². The quantitative estimate of drug-likeness (QED) is 0.221. The molecule has 6 heteroatoms.